The molecule has 292 valence electrons. The number of benzene rings is 2. The van der Waals surface area contributed by atoms with Crippen LogP contribution in [0.2, 0.25) is 5.02 Å². The van der Waals surface area contributed by atoms with E-state index in [4.69, 9.17) is 26.8 Å². The third-order valence-electron chi connectivity index (χ3n) is 11.4. The minimum Gasteiger partial charge on any atom is -0.494 e. The highest BCUT2D eigenvalue weighted by atomic mass is 35.5. The van der Waals surface area contributed by atoms with Crippen LogP contribution >= 0.6 is 11.6 Å². The number of piperidine rings is 1. The highest BCUT2D eigenvalue weighted by Gasteiger charge is 2.68. The normalized spacial score (nSPS) is 23.1. The average Bonchev–Trinajstić information content (AvgIpc) is 3.42. The van der Waals surface area contributed by atoms with E-state index >= 15 is 0 Å². The molecule has 5 amide bonds. The molecule has 15 nitrogen and oxygen atoms in total. The zero-order valence-corrected chi connectivity index (χ0v) is 32.4. The Hall–Kier alpha value is -5.59. The number of amides is 5. The van der Waals surface area contributed by atoms with Crippen molar-refractivity contribution in [3.05, 3.63) is 76.1 Å². The fraction of sp³-hybridized carbons (Fsp3) is 0.450. The summed E-state index contributed by atoms with van der Waals surface area (Å²) in [6, 6.07) is 9.84. The first-order valence-corrected chi connectivity index (χ1v) is 19.0. The molecule has 0 bridgehead atoms. The van der Waals surface area contributed by atoms with Gasteiger partial charge in [0.2, 0.25) is 11.9 Å². The number of imide groups is 2. The van der Waals surface area contributed by atoms with E-state index in [1.807, 2.05) is 33.8 Å². The van der Waals surface area contributed by atoms with Gasteiger partial charge >= 0.3 is 0 Å². The van der Waals surface area contributed by atoms with Gasteiger partial charge in [-0.3, -0.25) is 38.7 Å². The van der Waals surface area contributed by atoms with E-state index in [9.17, 15) is 29.2 Å². The Labute approximate surface area is 329 Å². The van der Waals surface area contributed by atoms with Gasteiger partial charge in [-0.05, 0) is 43.2 Å². The first kappa shape index (κ1) is 38.7. The summed E-state index contributed by atoms with van der Waals surface area (Å²) in [5, 5.41) is 9.51. The van der Waals surface area contributed by atoms with Gasteiger partial charge in [0.1, 0.15) is 29.7 Å². The van der Waals surface area contributed by atoms with Crippen molar-refractivity contribution in [3.8, 4) is 17.6 Å². The molecule has 56 heavy (non-hydrogen) atoms. The van der Waals surface area contributed by atoms with E-state index in [1.54, 1.807) is 36.4 Å². The van der Waals surface area contributed by atoms with Gasteiger partial charge in [-0.1, -0.05) is 39.3 Å². The number of nitriles is 1. The Morgan fingerprint density at radius 3 is 2.23 bits per heavy atom. The van der Waals surface area contributed by atoms with E-state index in [2.05, 4.69) is 19.8 Å². The van der Waals surface area contributed by atoms with Crippen LogP contribution in [0.15, 0.2) is 48.8 Å². The van der Waals surface area contributed by atoms with Crippen molar-refractivity contribution in [2.45, 2.75) is 65.1 Å². The average molecular weight is 783 g/mol. The second-order valence-corrected chi connectivity index (χ2v) is 16.2. The van der Waals surface area contributed by atoms with Gasteiger partial charge in [0.05, 0.1) is 39.9 Å². The lowest BCUT2D eigenvalue weighted by Gasteiger charge is -2.65. The molecule has 2 aromatic carbocycles. The quantitative estimate of drug-likeness (QED) is 0.220. The third kappa shape index (κ3) is 6.81. The molecule has 3 aliphatic heterocycles. The van der Waals surface area contributed by atoms with E-state index in [0.29, 0.717) is 29.6 Å². The molecule has 0 spiro atoms. The highest BCUT2D eigenvalue weighted by Crippen LogP contribution is 2.58. The largest absolute Gasteiger partial charge is 0.494 e. The van der Waals surface area contributed by atoms with Crippen molar-refractivity contribution in [1.29, 1.82) is 5.26 Å². The number of hydrogen-bond donors (Lipinski definition) is 1. The van der Waals surface area contributed by atoms with Crippen LogP contribution in [0.5, 0.6) is 11.5 Å². The van der Waals surface area contributed by atoms with Gasteiger partial charge in [-0.25, -0.2) is 9.97 Å². The Kier molecular flexibility index (Phi) is 10.2. The fourth-order valence-electron chi connectivity index (χ4n) is 9.04. The van der Waals surface area contributed by atoms with Gasteiger partial charge in [-0.15, -0.1) is 0 Å². The third-order valence-corrected chi connectivity index (χ3v) is 11.7. The number of aromatic nitrogens is 2. The zero-order valence-electron chi connectivity index (χ0n) is 31.7. The topological polar surface area (TPSA) is 192 Å². The van der Waals surface area contributed by atoms with Gasteiger partial charge in [-0.2, -0.15) is 5.26 Å². The predicted molar refractivity (Wildman–Crippen MR) is 203 cm³/mol. The van der Waals surface area contributed by atoms with Crippen molar-refractivity contribution in [3.63, 3.8) is 0 Å². The number of ether oxygens (including phenoxy) is 2. The van der Waals surface area contributed by atoms with Crippen molar-refractivity contribution < 1.29 is 33.4 Å². The summed E-state index contributed by atoms with van der Waals surface area (Å²) in [5.41, 5.74) is 4.78. The van der Waals surface area contributed by atoms with Gasteiger partial charge in [0.15, 0.2) is 0 Å². The van der Waals surface area contributed by atoms with Crippen molar-refractivity contribution in [2.75, 3.05) is 44.2 Å². The number of hydrogen-bond acceptors (Lipinski definition) is 12. The molecule has 1 unspecified atom stereocenters. The van der Waals surface area contributed by atoms with Crippen LogP contribution in [0.25, 0.3) is 0 Å². The first-order chi connectivity index (χ1) is 26.6. The summed E-state index contributed by atoms with van der Waals surface area (Å²) in [7, 11) is 0. The van der Waals surface area contributed by atoms with E-state index < -0.39 is 52.6 Å². The Morgan fingerprint density at radius 2 is 1.59 bits per heavy atom. The summed E-state index contributed by atoms with van der Waals surface area (Å²) in [5.74, 6) is -1.25. The number of anilines is 1. The Bertz CT molecular complexity index is 2130. The number of primary amides is 1. The second-order valence-electron chi connectivity index (χ2n) is 15.8. The zero-order chi connectivity index (χ0) is 40.1. The smallest absolute Gasteiger partial charge is 0.262 e. The van der Waals surface area contributed by atoms with Crippen molar-refractivity contribution >= 4 is 47.1 Å². The van der Waals surface area contributed by atoms with Crippen LogP contribution in [0.1, 0.15) is 83.6 Å². The maximum absolute atomic E-state index is 14.3. The summed E-state index contributed by atoms with van der Waals surface area (Å²) in [6.45, 7) is 11.9. The molecule has 2 N–H and O–H groups in total. The molecule has 4 heterocycles. The maximum atomic E-state index is 14.3. The van der Waals surface area contributed by atoms with Crippen LogP contribution in [0.4, 0.5) is 5.95 Å². The van der Waals surface area contributed by atoms with Crippen molar-refractivity contribution in [1.82, 2.24) is 24.7 Å². The summed E-state index contributed by atoms with van der Waals surface area (Å²) >= 11 is 6.25. The van der Waals surface area contributed by atoms with Gasteiger partial charge < -0.3 is 20.1 Å². The lowest BCUT2D eigenvalue weighted by atomic mass is 9.48. The Morgan fingerprint density at radius 1 is 0.929 bits per heavy atom. The van der Waals surface area contributed by atoms with Crippen LogP contribution in [0, 0.1) is 22.2 Å². The molecular formula is C40H43ClN8O7. The number of fused-ring (bicyclic) bond motifs is 1. The molecule has 1 saturated carbocycles. The predicted octanol–water partition coefficient (Wildman–Crippen LogP) is 3.69. The molecule has 4 aliphatic rings. The molecule has 3 aromatic rings. The number of nitrogens with zero attached hydrogens (tertiary/aromatic N) is 7. The van der Waals surface area contributed by atoms with Crippen LogP contribution in [0.3, 0.4) is 0 Å². The van der Waals surface area contributed by atoms with Crippen LogP contribution < -0.4 is 20.1 Å². The molecule has 16 heteroatoms. The molecule has 3 fully saturated rings. The summed E-state index contributed by atoms with van der Waals surface area (Å²) in [6.07, 6.45) is 3.17. The monoisotopic (exact) mass is 782 g/mol. The number of rotatable bonds is 11. The number of carbonyl (C=O) groups is 5. The number of nitrogens with two attached hydrogens (primary N) is 1. The second kappa shape index (κ2) is 14.8. The lowest BCUT2D eigenvalue weighted by Crippen LogP contribution is -2.77. The first-order valence-electron chi connectivity index (χ1n) is 18.6. The molecule has 1 aliphatic carbocycles. The maximum Gasteiger partial charge on any atom is 0.262 e. The lowest BCUT2D eigenvalue weighted by molar-refractivity contribution is -0.216. The van der Waals surface area contributed by atoms with Gasteiger partial charge in [0, 0.05) is 68.4 Å². The standard InChI is InChI=1S/C40H43ClN8O7/c1-39(2)36(40(3,4)37(39)56-26-7-6-23(20-42)29(41)19-26)49-31(50)11-10-30(35(49)54)48-33(52)27-9-8-25(18-28(27)34(48)53)55-17-5-12-46-13-15-47(16-14-46)38-44-21-24(22-45-38)32(43)51/h6-9,18-19,21-22,30,36-37H,5,10-17H2,1-4H3,(H2,43,51). The summed E-state index contributed by atoms with van der Waals surface area (Å²) < 4.78 is 12.4. The number of piperazine rings is 1. The van der Waals surface area contributed by atoms with Crippen LogP contribution in [-0.4, -0.2) is 112 Å². The molecule has 0 radical (unpaired) electrons. The number of carbonyl (C=O) groups excluding carboxylic acids is 5. The van der Waals surface area contributed by atoms with Crippen molar-refractivity contribution in [2.24, 2.45) is 16.6 Å². The fourth-order valence-corrected chi connectivity index (χ4v) is 9.26. The molecule has 1 atom stereocenters. The highest BCUT2D eigenvalue weighted by molar-refractivity contribution is 6.31. The SMILES string of the molecule is CC1(C)C(Oc2ccc(C#N)c(Cl)c2)C(C)(C)C1N1C(=O)CCC(N2C(=O)c3ccc(OCCCN4CCN(c5ncc(C(N)=O)cn5)CC4)cc3C2=O)C1=O. The molecule has 7 rings (SSSR count). The van der Waals surface area contributed by atoms with Crippen LogP contribution in [-0.2, 0) is 9.59 Å². The molecule has 2 saturated heterocycles. The number of halogens is 1. The van der Waals surface area contributed by atoms with E-state index in [-0.39, 0.29) is 40.5 Å². The van der Waals surface area contributed by atoms with E-state index in [0.717, 1.165) is 44.0 Å². The minimum absolute atomic E-state index is 0.00946. The van der Waals surface area contributed by atoms with E-state index in [1.165, 1.54) is 17.3 Å². The minimum atomic E-state index is -1.14. The van der Waals surface area contributed by atoms with Gasteiger partial charge in [0.25, 0.3) is 23.6 Å². The molecular weight excluding hydrogens is 740 g/mol. The molecule has 1 aromatic heterocycles. The number of likely N-dealkylation sites (tertiary alicyclic amines) is 1. The summed E-state index contributed by atoms with van der Waals surface area (Å²) in [4.78, 5) is 81.7. The Balaban J connectivity index is 0.952.